The molecule has 0 unspecified atom stereocenters. The molecule has 0 radical (unpaired) electrons. The molecule has 0 amide bonds. The van der Waals surface area contributed by atoms with Gasteiger partial charge in [0.15, 0.2) is 5.75 Å². The van der Waals surface area contributed by atoms with Gasteiger partial charge in [0.05, 0.1) is 15.1 Å². The van der Waals surface area contributed by atoms with Crippen LogP contribution in [0.5, 0.6) is 11.5 Å². The number of halogens is 5. The Labute approximate surface area is 138 Å². The molecule has 19 heavy (non-hydrogen) atoms. The molecular formula is C13H5BrCl4O. The van der Waals surface area contributed by atoms with Gasteiger partial charge in [-0.05, 0) is 22.0 Å². The van der Waals surface area contributed by atoms with Crippen LogP contribution in [-0.4, -0.2) is 0 Å². The molecule has 1 aliphatic rings. The number of fused-ring (bicyclic) bond motifs is 2. The van der Waals surface area contributed by atoms with Crippen molar-refractivity contribution in [3.05, 3.63) is 53.9 Å². The number of hydrogen-bond acceptors (Lipinski definition) is 1. The van der Waals surface area contributed by atoms with E-state index in [4.69, 9.17) is 51.1 Å². The van der Waals surface area contributed by atoms with Gasteiger partial charge < -0.3 is 4.74 Å². The fourth-order valence-electron chi connectivity index (χ4n) is 2.02. The average molecular weight is 399 g/mol. The first kappa shape index (κ1) is 13.8. The van der Waals surface area contributed by atoms with E-state index in [0.29, 0.717) is 37.5 Å². The Bertz CT molecular complexity index is 700. The molecule has 0 saturated heterocycles. The second-order valence-corrected chi connectivity index (χ2v) is 6.40. The van der Waals surface area contributed by atoms with Crippen molar-refractivity contribution in [2.24, 2.45) is 0 Å². The summed E-state index contributed by atoms with van der Waals surface area (Å²) >= 11 is 28.0. The Kier molecular flexibility index (Phi) is 3.65. The second kappa shape index (κ2) is 5.01. The summed E-state index contributed by atoms with van der Waals surface area (Å²) < 4.78 is 6.52. The van der Waals surface area contributed by atoms with E-state index in [-0.39, 0.29) is 5.02 Å². The number of rotatable bonds is 0. The maximum Gasteiger partial charge on any atom is 0.152 e. The smallest absolute Gasteiger partial charge is 0.152 e. The third-order valence-corrected chi connectivity index (χ3v) is 5.65. The molecule has 6 heteroatoms. The van der Waals surface area contributed by atoms with Crippen LogP contribution in [0, 0.1) is 0 Å². The van der Waals surface area contributed by atoms with Gasteiger partial charge >= 0.3 is 0 Å². The molecule has 3 rings (SSSR count). The molecule has 0 N–H and O–H groups in total. The van der Waals surface area contributed by atoms with Crippen molar-refractivity contribution in [1.29, 1.82) is 0 Å². The molecule has 2 aromatic rings. The van der Waals surface area contributed by atoms with E-state index in [1.165, 1.54) is 0 Å². The SMILES string of the molecule is Clc1cccc2c1Oc1c(Cl)c(Cl)c(Cl)c(Br)c1C2. The summed E-state index contributed by atoms with van der Waals surface area (Å²) in [6.45, 7) is 0. The van der Waals surface area contributed by atoms with Crippen LogP contribution >= 0.6 is 62.3 Å². The van der Waals surface area contributed by atoms with Gasteiger partial charge in [-0.1, -0.05) is 58.5 Å². The first-order valence-electron chi connectivity index (χ1n) is 5.30. The highest BCUT2D eigenvalue weighted by Crippen LogP contribution is 2.51. The quantitative estimate of drug-likeness (QED) is 0.300. The monoisotopic (exact) mass is 396 g/mol. The topological polar surface area (TPSA) is 9.23 Å². The van der Waals surface area contributed by atoms with Gasteiger partial charge in [-0.25, -0.2) is 0 Å². The molecule has 98 valence electrons. The van der Waals surface area contributed by atoms with Crippen LogP contribution < -0.4 is 4.74 Å². The number of hydrogen-bond donors (Lipinski definition) is 0. The molecule has 0 fully saturated rings. The summed E-state index contributed by atoms with van der Waals surface area (Å²) in [6.07, 6.45) is 0.627. The second-order valence-electron chi connectivity index (χ2n) is 4.07. The first-order valence-corrected chi connectivity index (χ1v) is 7.61. The molecule has 0 saturated carbocycles. The minimum atomic E-state index is 0.268. The van der Waals surface area contributed by atoms with Crippen molar-refractivity contribution in [3.8, 4) is 11.5 Å². The predicted molar refractivity (Wildman–Crippen MR) is 83.5 cm³/mol. The van der Waals surface area contributed by atoms with Crippen molar-refractivity contribution >= 4 is 62.3 Å². The lowest BCUT2D eigenvalue weighted by Crippen LogP contribution is -2.05. The molecule has 0 aromatic heterocycles. The summed E-state index contributed by atoms with van der Waals surface area (Å²) in [7, 11) is 0. The number of benzene rings is 2. The lowest BCUT2D eigenvalue weighted by molar-refractivity contribution is 0.460. The van der Waals surface area contributed by atoms with Crippen LogP contribution in [0.25, 0.3) is 0 Å². The highest BCUT2D eigenvalue weighted by Gasteiger charge is 2.27. The molecule has 0 aliphatic carbocycles. The van der Waals surface area contributed by atoms with Gasteiger partial charge in [0, 0.05) is 22.0 Å². The van der Waals surface area contributed by atoms with Crippen LogP contribution in [0.2, 0.25) is 20.1 Å². The van der Waals surface area contributed by atoms with Crippen molar-refractivity contribution in [1.82, 2.24) is 0 Å². The van der Waals surface area contributed by atoms with Crippen molar-refractivity contribution < 1.29 is 4.74 Å². The Hall–Kier alpha value is -0.120. The van der Waals surface area contributed by atoms with E-state index in [1.54, 1.807) is 6.07 Å². The Balaban J connectivity index is 2.26. The van der Waals surface area contributed by atoms with Crippen molar-refractivity contribution in [3.63, 3.8) is 0 Å². The summed E-state index contributed by atoms with van der Waals surface area (Å²) in [5, 5.41) is 1.50. The summed E-state index contributed by atoms with van der Waals surface area (Å²) in [4.78, 5) is 0. The fraction of sp³-hybridized carbons (Fsp3) is 0.0769. The van der Waals surface area contributed by atoms with Crippen LogP contribution in [0.15, 0.2) is 22.7 Å². The van der Waals surface area contributed by atoms with Gasteiger partial charge in [-0.3, -0.25) is 0 Å². The minimum absolute atomic E-state index is 0.268. The Morgan fingerprint density at radius 2 is 1.68 bits per heavy atom. The van der Waals surface area contributed by atoms with E-state index in [9.17, 15) is 0 Å². The summed E-state index contributed by atoms with van der Waals surface area (Å²) in [6, 6.07) is 5.60. The number of ether oxygens (including phenoxy) is 1. The molecule has 2 aromatic carbocycles. The van der Waals surface area contributed by atoms with Gasteiger partial charge in [0.2, 0.25) is 0 Å². The molecule has 1 aliphatic heterocycles. The zero-order chi connectivity index (χ0) is 13.7. The third-order valence-electron chi connectivity index (χ3n) is 2.94. The standard InChI is InChI=1S/C13H5BrCl4O/c14-8-6-4-5-2-1-3-7(15)12(5)19-13(6)11(18)10(17)9(8)16/h1-3H,4H2. The van der Waals surface area contributed by atoms with Gasteiger partial charge in [-0.15, -0.1) is 0 Å². The maximum absolute atomic E-state index is 6.20. The zero-order valence-corrected chi connectivity index (χ0v) is 13.8. The van der Waals surface area contributed by atoms with E-state index >= 15 is 0 Å². The van der Waals surface area contributed by atoms with Crippen LogP contribution in [0.4, 0.5) is 0 Å². The predicted octanol–water partition coefficient (Wildman–Crippen LogP) is 6.76. The largest absolute Gasteiger partial charge is 0.454 e. The van der Waals surface area contributed by atoms with Crippen LogP contribution in [-0.2, 0) is 6.42 Å². The van der Waals surface area contributed by atoms with E-state index in [0.717, 1.165) is 11.1 Å². The van der Waals surface area contributed by atoms with Gasteiger partial charge in [0.1, 0.15) is 10.8 Å². The maximum atomic E-state index is 6.20. The van der Waals surface area contributed by atoms with E-state index < -0.39 is 0 Å². The molecule has 1 nitrogen and oxygen atoms in total. The summed E-state index contributed by atoms with van der Waals surface area (Å²) in [5.41, 5.74) is 1.85. The minimum Gasteiger partial charge on any atom is -0.454 e. The normalized spacial score (nSPS) is 12.7. The lowest BCUT2D eigenvalue weighted by atomic mass is 10.0. The van der Waals surface area contributed by atoms with Crippen LogP contribution in [0.1, 0.15) is 11.1 Å². The first-order chi connectivity index (χ1) is 9.00. The van der Waals surface area contributed by atoms with Crippen molar-refractivity contribution in [2.75, 3.05) is 0 Å². The van der Waals surface area contributed by atoms with Gasteiger partial charge in [-0.2, -0.15) is 0 Å². The highest BCUT2D eigenvalue weighted by atomic mass is 79.9. The Morgan fingerprint density at radius 1 is 0.947 bits per heavy atom. The average Bonchev–Trinajstić information content (AvgIpc) is 2.42. The zero-order valence-electron chi connectivity index (χ0n) is 9.24. The highest BCUT2D eigenvalue weighted by molar-refractivity contribution is 9.10. The van der Waals surface area contributed by atoms with Crippen LogP contribution in [0.3, 0.4) is 0 Å². The third kappa shape index (κ3) is 2.14. The van der Waals surface area contributed by atoms with E-state index in [2.05, 4.69) is 15.9 Å². The molecule has 1 heterocycles. The number of para-hydroxylation sites is 1. The molecule has 0 spiro atoms. The Morgan fingerprint density at radius 3 is 2.42 bits per heavy atom. The molecule has 0 bridgehead atoms. The van der Waals surface area contributed by atoms with Gasteiger partial charge in [0.25, 0.3) is 0 Å². The lowest BCUT2D eigenvalue weighted by Gasteiger charge is -2.24. The fourth-order valence-corrected chi connectivity index (χ4v) is 3.57. The van der Waals surface area contributed by atoms with E-state index in [1.807, 2.05) is 12.1 Å². The molecule has 0 atom stereocenters. The van der Waals surface area contributed by atoms with Crippen molar-refractivity contribution in [2.45, 2.75) is 6.42 Å². The molecular weight excluding hydrogens is 394 g/mol. The summed E-state index contributed by atoms with van der Waals surface area (Å²) in [5.74, 6) is 1.12.